The topological polar surface area (TPSA) is 37.8 Å². The summed E-state index contributed by atoms with van der Waals surface area (Å²) in [5.74, 6) is 1.23. The van der Waals surface area contributed by atoms with Crippen LogP contribution in [-0.4, -0.2) is 16.0 Å². The first-order valence-corrected chi connectivity index (χ1v) is 6.68. The minimum Gasteiger partial charge on any atom is -0.351 e. The molecule has 3 nitrogen and oxygen atoms in total. The zero-order chi connectivity index (χ0) is 12.8. The van der Waals surface area contributed by atoms with Crippen LogP contribution in [0.15, 0.2) is 6.07 Å². The summed E-state index contributed by atoms with van der Waals surface area (Å²) < 4.78 is 0. The van der Waals surface area contributed by atoms with Gasteiger partial charge in [0.15, 0.2) is 0 Å². The van der Waals surface area contributed by atoms with Crippen molar-refractivity contribution in [1.29, 1.82) is 0 Å². The van der Waals surface area contributed by atoms with E-state index in [1.54, 1.807) is 0 Å². The lowest BCUT2D eigenvalue weighted by atomic mass is 10.1. The number of nitrogens with zero attached hydrogens (tertiary/aromatic N) is 2. The van der Waals surface area contributed by atoms with Crippen LogP contribution in [0.1, 0.15) is 64.3 Å². The van der Waals surface area contributed by atoms with Crippen molar-refractivity contribution in [2.45, 2.75) is 65.8 Å². The molecule has 0 saturated carbocycles. The van der Waals surface area contributed by atoms with E-state index in [0.717, 1.165) is 23.8 Å². The fourth-order valence-corrected chi connectivity index (χ4v) is 1.86. The second-order valence-electron chi connectivity index (χ2n) is 4.95. The average molecular weight is 235 g/mol. The predicted octanol–water partition coefficient (Wildman–Crippen LogP) is 3.90. The van der Waals surface area contributed by atoms with Gasteiger partial charge < -0.3 is 5.32 Å². The molecule has 1 atom stereocenters. The van der Waals surface area contributed by atoms with Crippen molar-refractivity contribution in [2.24, 2.45) is 0 Å². The van der Waals surface area contributed by atoms with E-state index in [1.807, 2.05) is 6.92 Å². The fraction of sp³-hybridized carbons (Fsp3) is 0.714. The standard InChI is InChI=1S/C14H25N3/c1-6-8-12(7-2)16-14-15-11(5)9-13(17-14)10(3)4/h9-10,12H,6-8H2,1-5H3,(H,15,16,17). The van der Waals surface area contributed by atoms with Crippen LogP contribution in [0.25, 0.3) is 0 Å². The molecule has 0 spiro atoms. The molecule has 1 N–H and O–H groups in total. The highest BCUT2D eigenvalue weighted by molar-refractivity contribution is 5.30. The molecule has 1 aromatic rings. The van der Waals surface area contributed by atoms with Gasteiger partial charge in [-0.2, -0.15) is 0 Å². The Balaban J connectivity index is 2.82. The molecule has 0 radical (unpaired) electrons. The third-order valence-electron chi connectivity index (χ3n) is 2.93. The molecule has 1 unspecified atom stereocenters. The summed E-state index contributed by atoms with van der Waals surface area (Å²) in [6.07, 6.45) is 3.47. The van der Waals surface area contributed by atoms with E-state index < -0.39 is 0 Å². The molecule has 0 aliphatic rings. The molecule has 0 aliphatic carbocycles. The van der Waals surface area contributed by atoms with Crippen LogP contribution in [-0.2, 0) is 0 Å². The molecule has 0 aromatic carbocycles. The summed E-state index contributed by atoms with van der Waals surface area (Å²) in [5, 5.41) is 3.44. The Kier molecular flexibility index (Phi) is 5.39. The van der Waals surface area contributed by atoms with Gasteiger partial charge in [-0.25, -0.2) is 9.97 Å². The largest absolute Gasteiger partial charge is 0.351 e. The minimum atomic E-state index is 0.448. The maximum absolute atomic E-state index is 4.58. The van der Waals surface area contributed by atoms with Crippen LogP contribution in [0, 0.1) is 6.92 Å². The smallest absolute Gasteiger partial charge is 0.223 e. The molecular formula is C14H25N3. The normalized spacial score (nSPS) is 12.8. The van der Waals surface area contributed by atoms with Gasteiger partial charge in [-0.3, -0.25) is 0 Å². The summed E-state index contributed by atoms with van der Waals surface area (Å²) in [6, 6.07) is 2.55. The number of nitrogens with one attached hydrogen (secondary N) is 1. The quantitative estimate of drug-likeness (QED) is 0.812. The first-order chi connectivity index (χ1) is 8.06. The van der Waals surface area contributed by atoms with Crippen molar-refractivity contribution in [3.8, 4) is 0 Å². The molecule has 1 heterocycles. The van der Waals surface area contributed by atoms with Gasteiger partial charge in [0, 0.05) is 17.4 Å². The maximum Gasteiger partial charge on any atom is 0.223 e. The molecule has 0 saturated heterocycles. The Morgan fingerprint density at radius 2 is 1.94 bits per heavy atom. The number of aromatic nitrogens is 2. The minimum absolute atomic E-state index is 0.448. The molecule has 0 bridgehead atoms. The molecule has 0 amide bonds. The van der Waals surface area contributed by atoms with Crippen molar-refractivity contribution in [3.05, 3.63) is 17.5 Å². The van der Waals surface area contributed by atoms with Crippen LogP contribution >= 0.6 is 0 Å². The van der Waals surface area contributed by atoms with Gasteiger partial charge in [0.2, 0.25) is 5.95 Å². The lowest BCUT2D eigenvalue weighted by Gasteiger charge is -2.17. The van der Waals surface area contributed by atoms with Crippen LogP contribution in [0.2, 0.25) is 0 Å². The Morgan fingerprint density at radius 1 is 1.24 bits per heavy atom. The zero-order valence-electron chi connectivity index (χ0n) is 11.7. The van der Waals surface area contributed by atoms with Crippen molar-refractivity contribution in [3.63, 3.8) is 0 Å². The summed E-state index contributed by atoms with van der Waals surface area (Å²) >= 11 is 0. The third-order valence-corrected chi connectivity index (χ3v) is 2.93. The number of aryl methyl sites for hydroxylation is 1. The Morgan fingerprint density at radius 3 is 2.47 bits per heavy atom. The van der Waals surface area contributed by atoms with Crippen LogP contribution in [0.4, 0.5) is 5.95 Å². The van der Waals surface area contributed by atoms with E-state index >= 15 is 0 Å². The number of anilines is 1. The van der Waals surface area contributed by atoms with E-state index in [9.17, 15) is 0 Å². The molecule has 17 heavy (non-hydrogen) atoms. The summed E-state index contributed by atoms with van der Waals surface area (Å²) in [7, 11) is 0. The first kappa shape index (κ1) is 13.9. The molecule has 0 aliphatic heterocycles. The van der Waals surface area contributed by atoms with E-state index in [-0.39, 0.29) is 0 Å². The van der Waals surface area contributed by atoms with Crippen molar-refractivity contribution in [2.75, 3.05) is 5.32 Å². The fourth-order valence-electron chi connectivity index (χ4n) is 1.86. The van der Waals surface area contributed by atoms with Gasteiger partial charge >= 0.3 is 0 Å². The van der Waals surface area contributed by atoms with Gasteiger partial charge in [0.05, 0.1) is 0 Å². The molecule has 3 heteroatoms. The highest BCUT2D eigenvalue weighted by Gasteiger charge is 2.09. The Hall–Kier alpha value is -1.12. The molecule has 1 aromatic heterocycles. The highest BCUT2D eigenvalue weighted by atomic mass is 15.1. The lowest BCUT2D eigenvalue weighted by Crippen LogP contribution is -2.20. The van der Waals surface area contributed by atoms with Gasteiger partial charge in [-0.1, -0.05) is 34.1 Å². The van der Waals surface area contributed by atoms with E-state index in [2.05, 4.69) is 49.0 Å². The van der Waals surface area contributed by atoms with Crippen LogP contribution < -0.4 is 5.32 Å². The predicted molar refractivity (Wildman–Crippen MR) is 73.5 cm³/mol. The van der Waals surface area contributed by atoms with E-state index in [0.29, 0.717) is 12.0 Å². The monoisotopic (exact) mass is 235 g/mol. The van der Waals surface area contributed by atoms with Gasteiger partial charge in [-0.15, -0.1) is 0 Å². The average Bonchev–Trinajstić information content (AvgIpc) is 2.27. The summed E-state index contributed by atoms with van der Waals surface area (Å²) in [4.78, 5) is 9.04. The van der Waals surface area contributed by atoms with Crippen molar-refractivity contribution < 1.29 is 0 Å². The van der Waals surface area contributed by atoms with Gasteiger partial charge in [0.25, 0.3) is 0 Å². The highest BCUT2D eigenvalue weighted by Crippen LogP contribution is 2.16. The SMILES string of the molecule is CCCC(CC)Nc1nc(C)cc(C(C)C)n1. The van der Waals surface area contributed by atoms with Gasteiger partial charge in [0.1, 0.15) is 0 Å². The van der Waals surface area contributed by atoms with E-state index in [1.165, 1.54) is 12.8 Å². The third kappa shape index (κ3) is 4.33. The van der Waals surface area contributed by atoms with Crippen molar-refractivity contribution >= 4 is 5.95 Å². The maximum atomic E-state index is 4.58. The summed E-state index contributed by atoms with van der Waals surface area (Å²) in [6.45, 7) is 10.8. The second-order valence-corrected chi connectivity index (χ2v) is 4.95. The number of rotatable bonds is 6. The number of hydrogen-bond donors (Lipinski definition) is 1. The molecule has 0 fully saturated rings. The lowest BCUT2D eigenvalue weighted by molar-refractivity contribution is 0.616. The zero-order valence-corrected chi connectivity index (χ0v) is 11.7. The van der Waals surface area contributed by atoms with Crippen LogP contribution in [0.3, 0.4) is 0 Å². The Labute approximate surface area is 105 Å². The molecule has 1 rings (SSSR count). The summed E-state index contributed by atoms with van der Waals surface area (Å²) in [5.41, 5.74) is 2.16. The number of hydrogen-bond acceptors (Lipinski definition) is 3. The molecular weight excluding hydrogens is 210 g/mol. The second kappa shape index (κ2) is 6.58. The van der Waals surface area contributed by atoms with E-state index in [4.69, 9.17) is 0 Å². The first-order valence-electron chi connectivity index (χ1n) is 6.68. The van der Waals surface area contributed by atoms with Gasteiger partial charge in [-0.05, 0) is 31.7 Å². The molecule has 96 valence electrons. The van der Waals surface area contributed by atoms with Crippen molar-refractivity contribution in [1.82, 2.24) is 9.97 Å². The Bertz CT molecular complexity index is 347. The van der Waals surface area contributed by atoms with Crippen LogP contribution in [0.5, 0.6) is 0 Å².